The molecule has 0 saturated carbocycles. The third-order valence-corrected chi connectivity index (χ3v) is 2.27. The number of nitrogens with zero attached hydrogens (tertiary/aromatic N) is 1. The predicted octanol–water partition coefficient (Wildman–Crippen LogP) is 2.04. The SMILES string of the molecule is COc1cc(OC)c(OC)cc1NC(C)C#N. The van der Waals surface area contributed by atoms with E-state index >= 15 is 0 Å². The van der Waals surface area contributed by atoms with Crippen molar-refractivity contribution in [1.29, 1.82) is 5.26 Å². The van der Waals surface area contributed by atoms with Crippen molar-refractivity contribution in [3.8, 4) is 23.3 Å². The molecule has 92 valence electrons. The molecular weight excluding hydrogens is 220 g/mol. The zero-order valence-corrected chi connectivity index (χ0v) is 10.4. The molecule has 0 aliphatic heterocycles. The summed E-state index contributed by atoms with van der Waals surface area (Å²) in [5.74, 6) is 1.77. The molecular formula is C12H16N2O3. The molecule has 0 saturated heterocycles. The van der Waals surface area contributed by atoms with Gasteiger partial charge in [-0.1, -0.05) is 0 Å². The second-order valence-electron chi connectivity index (χ2n) is 3.40. The minimum absolute atomic E-state index is 0.318. The van der Waals surface area contributed by atoms with Crippen molar-refractivity contribution in [2.24, 2.45) is 0 Å². The number of hydrogen-bond acceptors (Lipinski definition) is 5. The lowest BCUT2D eigenvalue weighted by Gasteiger charge is -2.16. The van der Waals surface area contributed by atoms with Gasteiger partial charge in [0.05, 0.1) is 33.1 Å². The Labute approximate surface area is 101 Å². The van der Waals surface area contributed by atoms with E-state index in [1.165, 1.54) is 0 Å². The Hall–Kier alpha value is -2.09. The lowest BCUT2D eigenvalue weighted by Crippen LogP contribution is -2.13. The first-order chi connectivity index (χ1) is 8.15. The van der Waals surface area contributed by atoms with Gasteiger partial charge in [-0.2, -0.15) is 5.26 Å². The second kappa shape index (κ2) is 5.85. The highest BCUT2D eigenvalue weighted by atomic mass is 16.5. The molecule has 0 aliphatic rings. The molecule has 0 radical (unpaired) electrons. The second-order valence-corrected chi connectivity index (χ2v) is 3.40. The van der Waals surface area contributed by atoms with E-state index in [0.29, 0.717) is 22.9 Å². The van der Waals surface area contributed by atoms with Gasteiger partial charge in [-0.3, -0.25) is 0 Å². The van der Waals surface area contributed by atoms with Crippen LogP contribution in [0.15, 0.2) is 12.1 Å². The average Bonchev–Trinajstić information content (AvgIpc) is 2.37. The molecule has 0 bridgehead atoms. The van der Waals surface area contributed by atoms with Gasteiger partial charge in [0, 0.05) is 12.1 Å². The zero-order chi connectivity index (χ0) is 12.8. The van der Waals surface area contributed by atoms with Crippen molar-refractivity contribution in [3.05, 3.63) is 12.1 Å². The van der Waals surface area contributed by atoms with Crippen LogP contribution in [0.1, 0.15) is 6.92 Å². The van der Waals surface area contributed by atoms with Crippen LogP contribution in [0.2, 0.25) is 0 Å². The molecule has 0 aliphatic carbocycles. The number of ether oxygens (including phenoxy) is 3. The molecule has 17 heavy (non-hydrogen) atoms. The van der Waals surface area contributed by atoms with Gasteiger partial charge >= 0.3 is 0 Å². The Morgan fingerprint density at radius 3 is 2.06 bits per heavy atom. The third-order valence-electron chi connectivity index (χ3n) is 2.27. The minimum Gasteiger partial charge on any atom is -0.494 e. The van der Waals surface area contributed by atoms with Gasteiger partial charge in [-0.05, 0) is 6.92 Å². The van der Waals surface area contributed by atoms with Gasteiger partial charge in [0.2, 0.25) is 0 Å². The number of hydrogen-bond donors (Lipinski definition) is 1. The van der Waals surface area contributed by atoms with Crippen LogP contribution in [-0.4, -0.2) is 27.4 Å². The molecule has 0 amide bonds. The molecule has 0 aromatic heterocycles. The standard InChI is InChI=1S/C12H16N2O3/c1-8(7-13)14-9-5-11(16-3)12(17-4)6-10(9)15-2/h5-6,8,14H,1-4H3. The van der Waals surface area contributed by atoms with Crippen molar-refractivity contribution in [1.82, 2.24) is 0 Å². The van der Waals surface area contributed by atoms with Crippen LogP contribution >= 0.6 is 0 Å². The Morgan fingerprint density at radius 1 is 1.06 bits per heavy atom. The van der Waals surface area contributed by atoms with Crippen LogP contribution in [0.3, 0.4) is 0 Å². The van der Waals surface area contributed by atoms with Gasteiger partial charge in [0.15, 0.2) is 11.5 Å². The molecule has 5 heteroatoms. The number of methoxy groups -OCH3 is 3. The first-order valence-corrected chi connectivity index (χ1v) is 5.12. The zero-order valence-electron chi connectivity index (χ0n) is 10.4. The summed E-state index contributed by atoms with van der Waals surface area (Å²) in [5.41, 5.74) is 0.694. The molecule has 0 fully saturated rings. The van der Waals surface area contributed by atoms with E-state index in [2.05, 4.69) is 11.4 Å². The van der Waals surface area contributed by atoms with Gasteiger partial charge in [-0.15, -0.1) is 0 Å². The maximum absolute atomic E-state index is 8.78. The highest BCUT2D eigenvalue weighted by Crippen LogP contribution is 2.37. The Kier molecular flexibility index (Phi) is 4.46. The number of nitrogens with one attached hydrogen (secondary N) is 1. The largest absolute Gasteiger partial charge is 0.494 e. The third kappa shape index (κ3) is 2.94. The molecule has 0 spiro atoms. The molecule has 1 unspecified atom stereocenters. The lowest BCUT2D eigenvalue weighted by molar-refractivity contribution is 0.349. The fraction of sp³-hybridized carbons (Fsp3) is 0.417. The summed E-state index contributed by atoms with van der Waals surface area (Å²) < 4.78 is 15.6. The van der Waals surface area contributed by atoms with Crippen LogP contribution in [0.25, 0.3) is 0 Å². The monoisotopic (exact) mass is 236 g/mol. The van der Waals surface area contributed by atoms with E-state index in [1.807, 2.05) is 0 Å². The molecule has 1 rings (SSSR count). The number of benzene rings is 1. The van der Waals surface area contributed by atoms with E-state index in [-0.39, 0.29) is 6.04 Å². The summed E-state index contributed by atoms with van der Waals surface area (Å²) in [7, 11) is 4.67. The van der Waals surface area contributed by atoms with Crippen LogP contribution in [0.5, 0.6) is 17.2 Å². The highest BCUT2D eigenvalue weighted by Gasteiger charge is 2.13. The first-order valence-electron chi connectivity index (χ1n) is 5.12. The van der Waals surface area contributed by atoms with E-state index in [4.69, 9.17) is 19.5 Å². The average molecular weight is 236 g/mol. The molecule has 1 aromatic carbocycles. The fourth-order valence-electron chi connectivity index (χ4n) is 1.41. The smallest absolute Gasteiger partial charge is 0.164 e. The number of rotatable bonds is 5. The van der Waals surface area contributed by atoms with Crippen molar-refractivity contribution in [2.75, 3.05) is 26.6 Å². The topological polar surface area (TPSA) is 63.5 Å². The summed E-state index contributed by atoms with van der Waals surface area (Å²) in [6, 6.07) is 5.23. The summed E-state index contributed by atoms with van der Waals surface area (Å²) in [6.45, 7) is 1.76. The van der Waals surface area contributed by atoms with Crippen LogP contribution in [0.4, 0.5) is 5.69 Å². The molecule has 1 atom stereocenters. The van der Waals surface area contributed by atoms with Gasteiger partial charge < -0.3 is 19.5 Å². The maximum Gasteiger partial charge on any atom is 0.164 e. The van der Waals surface area contributed by atoms with E-state index in [0.717, 1.165) is 0 Å². The fourth-order valence-corrected chi connectivity index (χ4v) is 1.41. The quantitative estimate of drug-likeness (QED) is 0.847. The summed E-state index contributed by atoms with van der Waals surface area (Å²) in [5, 5.41) is 11.8. The van der Waals surface area contributed by atoms with Crippen LogP contribution in [-0.2, 0) is 0 Å². The predicted molar refractivity (Wildman–Crippen MR) is 64.8 cm³/mol. The number of anilines is 1. The van der Waals surface area contributed by atoms with Crippen LogP contribution < -0.4 is 19.5 Å². The Bertz CT molecular complexity index is 426. The normalized spacial score (nSPS) is 11.2. The first kappa shape index (κ1) is 13.0. The Balaban J connectivity index is 3.15. The minimum atomic E-state index is -0.318. The van der Waals surface area contributed by atoms with Crippen molar-refractivity contribution in [3.63, 3.8) is 0 Å². The highest BCUT2D eigenvalue weighted by molar-refractivity contribution is 5.65. The van der Waals surface area contributed by atoms with Gasteiger partial charge in [-0.25, -0.2) is 0 Å². The van der Waals surface area contributed by atoms with Gasteiger partial charge in [0.25, 0.3) is 0 Å². The number of nitriles is 1. The van der Waals surface area contributed by atoms with E-state index < -0.39 is 0 Å². The molecule has 1 N–H and O–H groups in total. The van der Waals surface area contributed by atoms with Crippen molar-refractivity contribution >= 4 is 5.69 Å². The van der Waals surface area contributed by atoms with Crippen molar-refractivity contribution < 1.29 is 14.2 Å². The van der Waals surface area contributed by atoms with Crippen LogP contribution in [0, 0.1) is 11.3 Å². The van der Waals surface area contributed by atoms with E-state index in [1.54, 1.807) is 40.4 Å². The van der Waals surface area contributed by atoms with Gasteiger partial charge in [0.1, 0.15) is 11.8 Å². The van der Waals surface area contributed by atoms with E-state index in [9.17, 15) is 0 Å². The lowest BCUT2D eigenvalue weighted by atomic mass is 10.2. The maximum atomic E-state index is 8.78. The summed E-state index contributed by atoms with van der Waals surface area (Å²) in [6.07, 6.45) is 0. The summed E-state index contributed by atoms with van der Waals surface area (Å²) >= 11 is 0. The van der Waals surface area contributed by atoms with Crippen molar-refractivity contribution in [2.45, 2.75) is 13.0 Å². The summed E-state index contributed by atoms with van der Waals surface area (Å²) in [4.78, 5) is 0. The Morgan fingerprint density at radius 2 is 1.59 bits per heavy atom. The molecule has 0 heterocycles. The molecule has 1 aromatic rings. The molecule has 5 nitrogen and oxygen atoms in total.